The minimum absolute atomic E-state index is 0.244. The van der Waals surface area contributed by atoms with Crippen LogP contribution in [0.5, 0.6) is 0 Å². The maximum absolute atomic E-state index is 12.3. The summed E-state index contributed by atoms with van der Waals surface area (Å²) in [6.07, 6.45) is 1.50. The van der Waals surface area contributed by atoms with Crippen molar-refractivity contribution in [2.75, 3.05) is 5.32 Å². The van der Waals surface area contributed by atoms with Crippen molar-refractivity contribution < 1.29 is 4.79 Å². The van der Waals surface area contributed by atoms with Crippen LogP contribution in [0.1, 0.15) is 10.4 Å². The van der Waals surface area contributed by atoms with Crippen LogP contribution in [0.4, 0.5) is 5.69 Å². The van der Waals surface area contributed by atoms with E-state index in [9.17, 15) is 4.79 Å². The Balaban J connectivity index is 1.62. The molecule has 2 aromatic carbocycles. The number of nitrogens with one attached hydrogen (secondary N) is 2. The van der Waals surface area contributed by atoms with Crippen molar-refractivity contribution in [1.82, 2.24) is 15.0 Å². The number of hydrogen-bond donors (Lipinski definition) is 2. The minimum atomic E-state index is -0.244. The first kappa shape index (κ1) is 15.4. The van der Waals surface area contributed by atoms with Gasteiger partial charge in [-0.1, -0.05) is 35.9 Å². The van der Waals surface area contributed by atoms with Crippen molar-refractivity contribution in [1.29, 1.82) is 0 Å². The van der Waals surface area contributed by atoms with Gasteiger partial charge in [-0.05, 0) is 36.4 Å². The summed E-state index contributed by atoms with van der Waals surface area (Å²) in [6.45, 7) is 0. The molecular weight excluding hydrogens is 336 g/mol. The van der Waals surface area contributed by atoms with Gasteiger partial charge in [0.25, 0.3) is 5.91 Å². The van der Waals surface area contributed by atoms with Crippen LogP contribution in [0.25, 0.3) is 22.4 Å². The molecule has 2 aromatic heterocycles. The average molecular weight is 349 g/mol. The van der Waals surface area contributed by atoms with Crippen LogP contribution in [0.2, 0.25) is 5.15 Å². The normalized spacial score (nSPS) is 10.8. The first-order valence-corrected chi connectivity index (χ1v) is 8.05. The maximum Gasteiger partial charge on any atom is 0.255 e. The summed E-state index contributed by atoms with van der Waals surface area (Å²) >= 11 is 5.83. The van der Waals surface area contributed by atoms with Crippen molar-refractivity contribution in [2.24, 2.45) is 0 Å². The zero-order valence-corrected chi connectivity index (χ0v) is 13.8. The van der Waals surface area contributed by atoms with E-state index in [1.165, 1.54) is 12.3 Å². The zero-order valence-electron chi connectivity index (χ0n) is 13.0. The molecule has 5 nitrogen and oxygen atoms in total. The van der Waals surface area contributed by atoms with Gasteiger partial charge in [-0.2, -0.15) is 0 Å². The largest absolute Gasteiger partial charge is 0.338 e. The van der Waals surface area contributed by atoms with Crippen LogP contribution in [-0.4, -0.2) is 20.9 Å². The van der Waals surface area contributed by atoms with E-state index in [4.69, 9.17) is 11.6 Å². The molecule has 2 N–H and O–H groups in total. The van der Waals surface area contributed by atoms with E-state index in [0.717, 1.165) is 22.4 Å². The van der Waals surface area contributed by atoms with Gasteiger partial charge in [0.15, 0.2) is 0 Å². The number of aromatic amines is 1. The Labute approximate surface area is 148 Å². The lowest BCUT2D eigenvalue weighted by Gasteiger charge is -2.06. The molecule has 25 heavy (non-hydrogen) atoms. The van der Waals surface area contributed by atoms with Crippen LogP contribution in [-0.2, 0) is 0 Å². The zero-order chi connectivity index (χ0) is 17.2. The topological polar surface area (TPSA) is 70.7 Å². The molecule has 2 heterocycles. The van der Waals surface area contributed by atoms with Crippen molar-refractivity contribution in [3.8, 4) is 11.4 Å². The average Bonchev–Trinajstić information content (AvgIpc) is 3.06. The molecule has 0 aliphatic rings. The fourth-order valence-electron chi connectivity index (χ4n) is 2.58. The minimum Gasteiger partial charge on any atom is -0.338 e. The third-order valence-electron chi connectivity index (χ3n) is 3.77. The summed E-state index contributed by atoms with van der Waals surface area (Å²) in [5, 5.41) is 3.14. The molecule has 0 unspecified atom stereocenters. The highest BCUT2D eigenvalue weighted by Gasteiger charge is 2.09. The van der Waals surface area contributed by atoms with Crippen LogP contribution in [0.15, 0.2) is 66.9 Å². The number of imidazole rings is 1. The summed E-state index contributed by atoms with van der Waals surface area (Å²) < 4.78 is 0. The second kappa shape index (κ2) is 6.37. The first-order chi connectivity index (χ1) is 12.2. The van der Waals surface area contributed by atoms with Crippen molar-refractivity contribution >= 4 is 34.2 Å². The van der Waals surface area contributed by atoms with Crippen LogP contribution in [0, 0.1) is 0 Å². The number of H-pyrrole nitrogens is 1. The molecule has 0 aliphatic heterocycles. The number of amides is 1. The van der Waals surface area contributed by atoms with Gasteiger partial charge in [0.05, 0.1) is 11.0 Å². The molecule has 0 aliphatic carbocycles. The molecule has 6 heteroatoms. The van der Waals surface area contributed by atoms with E-state index in [1.54, 1.807) is 6.07 Å². The van der Waals surface area contributed by atoms with Crippen LogP contribution < -0.4 is 5.32 Å². The monoisotopic (exact) mass is 348 g/mol. The van der Waals surface area contributed by atoms with Gasteiger partial charge < -0.3 is 10.3 Å². The molecule has 0 atom stereocenters. The molecule has 0 saturated heterocycles. The second-order valence-corrected chi connectivity index (χ2v) is 5.89. The third kappa shape index (κ3) is 3.22. The number of hydrogen-bond acceptors (Lipinski definition) is 3. The lowest BCUT2D eigenvalue weighted by molar-refractivity contribution is 0.102. The number of aromatic nitrogens is 3. The van der Waals surface area contributed by atoms with E-state index < -0.39 is 0 Å². The van der Waals surface area contributed by atoms with E-state index in [0.29, 0.717) is 11.3 Å². The smallest absolute Gasteiger partial charge is 0.255 e. The molecule has 122 valence electrons. The molecular formula is C19H13ClN4O. The molecule has 4 aromatic rings. The van der Waals surface area contributed by atoms with E-state index >= 15 is 0 Å². The number of carbonyl (C=O) groups is 1. The van der Waals surface area contributed by atoms with Gasteiger partial charge in [-0.15, -0.1) is 0 Å². The number of para-hydroxylation sites is 2. The predicted molar refractivity (Wildman–Crippen MR) is 98.7 cm³/mol. The third-order valence-corrected chi connectivity index (χ3v) is 3.98. The Morgan fingerprint density at radius 1 is 1.04 bits per heavy atom. The molecule has 0 radical (unpaired) electrons. The summed E-state index contributed by atoms with van der Waals surface area (Å²) in [6, 6.07) is 18.5. The lowest BCUT2D eigenvalue weighted by Crippen LogP contribution is -2.12. The Morgan fingerprint density at radius 2 is 1.92 bits per heavy atom. The highest BCUT2D eigenvalue weighted by Crippen LogP contribution is 2.23. The Bertz CT molecular complexity index is 1040. The summed E-state index contributed by atoms with van der Waals surface area (Å²) in [7, 11) is 0. The quantitative estimate of drug-likeness (QED) is 0.534. The predicted octanol–water partition coefficient (Wildman–Crippen LogP) is 4.53. The SMILES string of the molecule is O=C(Nc1cccc(-c2nc3ccccc3[nH]2)c1)c1ccnc(Cl)c1. The lowest BCUT2D eigenvalue weighted by atomic mass is 10.2. The van der Waals surface area contributed by atoms with Gasteiger partial charge in [-0.25, -0.2) is 9.97 Å². The van der Waals surface area contributed by atoms with Crippen molar-refractivity contribution in [3.63, 3.8) is 0 Å². The highest BCUT2D eigenvalue weighted by molar-refractivity contribution is 6.29. The molecule has 0 fully saturated rings. The summed E-state index contributed by atoms with van der Waals surface area (Å²) in [4.78, 5) is 24.1. The number of nitrogens with zero attached hydrogens (tertiary/aromatic N) is 2. The van der Waals surface area contributed by atoms with Gasteiger partial charge in [0.2, 0.25) is 0 Å². The fourth-order valence-corrected chi connectivity index (χ4v) is 2.75. The Morgan fingerprint density at radius 3 is 2.76 bits per heavy atom. The van der Waals surface area contributed by atoms with Gasteiger partial charge in [0, 0.05) is 23.0 Å². The van der Waals surface area contributed by atoms with Gasteiger partial charge >= 0.3 is 0 Å². The molecule has 1 amide bonds. The van der Waals surface area contributed by atoms with Crippen LogP contribution in [0.3, 0.4) is 0 Å². The number of carbonyl (C=O) groups excluding carboxylic acids is 1. The number of anilines is 1. The number of fused-ring (bicyclic) bond motifs is 1. The fraction of sp³-hybridized carbons (Fsp3) is 0. The summed E-state index contributed by atoms with van der Waals surface area (Å²) in [5.41, 5.74) is 3.89. The second-order valence-electron chi connectivity index (χ2n) is 5.50. The molecule has 0 bridgehead atoms. The number of pyridine rings is 1. The van der Waals surface area contributed by atoms with Crippen molar-refractivity contribution in [2.45, 2.75) is 0 Å². The number of halogens is 1. The standard InChI is InChI=1S/C19H13ClN4O/c20-17-11-13(8-9-21-17)19(25)22-14-5-3-4-12(10-14)18-23-15-6-1-2-7-16(15)24-18/h1-11H,(H,22,25)(H,23,24). The number of rotatable bonds is 3. The highest BCUT2D eigenvalue weighted by atomic mass is 35.5. The van der Waals surface area contributed by atoms with Gasteiger partial charge in [0.1, 0.15) is 11.0 Å². The Kier molecular flexibility index (Phi) is 3.91. The molecule has 0 spiro atoms. The van der Waals surface area contributed by atoms with E-state index in [1.807, 2.05) is 48.5 Å². The molecule has 0 saturated carbocycles. The summed E-state index contributed by atoms with van der Waals surface area (Å²) in [5.74, 6) is 0.510. The molecule has 4 rings (SSSR count). The number of benzene rings is 2. The van der Waals surface area contributed by atoms with E-state index in [2.05, 4.69) is 20.3 Å². The first-order valence-electron chi connectivity index (χ1n) is 7.67. The van der Waals surface area contributed by atoms with Crippen molar-refractivity contribution in [3.05, 3.63) is 77.6 Å². The van der Waals surface area contributed by atoms with Crippen LogP contribution >= 0.6 is 11.6 Å². The van der Waals surface area contributed by atoms with E-state index in [-0.39, 0.29) is 11.1 Å². The van der Waals surface area contributed by atoms with Gasteiger partial charge in [-0.3, -0.25) is 4.79 Å². The Hall–Kier alpha value is -3.18. The maximum atomic E-state index is 12.3.